The molecule has 0 radical (unpaired) electrons. The molecule has 126 valence electrons. The Morgan fingerprint density at radius 2 is 2.08 bits per heavy atom. The number of hydrogen-bond acceptors (Lipinski definition) is 5. The monoisotopic (exact) mass is 336 g/mol. The SMILES string of the molecule is CN(C)C(=O)COc1ccc2ncc(-c3cc4ccccc4o3)n2n1. The lowest BCUT2D eigenvalue weighted by Gasteiger charge is -2.10. The van der Waals surface area contributed by atoms with E-state index in [9.17, 15) is 4.79 Å². The molecule has 3 heterocycles. The third-order valence-corrected chi connectivity index (χ3v) is 3.86. The predicted octanol–water partition coefficient (Wildman–Crippen LogP) is 2.61. The average Bonchev–Trinajstić information content (AvgIpc) is 3.22. The number of hydrogen-bond donors (Lipinski definition) is 0. The van der Waals surface area contributed by atoms with E-state index in [0.29, 0.717) is 17.3 Å². The van der Waals surface area contributed by atoms with E-state index < -0.39 is 0 Å². The van der Waals surface area contributed by atoms with Crippen molar-refractivity contribution in [2.24, 2.45) is 0 Å². The molecule has 4 rings (SSSR count). The molecular weight excluding hydrogens is 320 g/mol. The molecule has 0 N–H and O–H groups in total. The molecule has 0 aliphatic heterocycles. The topological polar surface area (TPSA) is 72.9 Å². The summed E-state index contributed by atoms with van der Waals surface area (Å²) < 4.78 is 13.0. The van der Waals surface area contributed by atoms with E-state index in [1.165, 1.54) is 4.90 Å². The molecule has 7 nitrogen and oxygen atoms in total. The van der Waals surface area contributed by atoms with Crippen molar-refractivity contribution in [2.75, 3.05) is 20.7 Å². The minimum Gasteiger partial charge on any atom is -0.467 e. The molecule has 0 saturated heterocycles. The summed E-state index contributed by atoms with van der Waals surface area (Å²) in [4.78, 5) is 17.5. The third kappa shape index (κ3) is 2.80. The zero-order valence-electron chi connectivity index (χ0n) is 13.8. The number of amides is 1. The zero-order valence-corrected chi connectivity index (χ0v) is 13.8. The number of carbonyl (C=O) groups is 1. The lowest BCUT2D eigenvalue weighted by molar-refractivity contribution is -0.130. The fourth-order valence-electron chi connectivity index (χ4n) is 2.47. The minimum absolute atomic E-state index is 0.0693. The summed E-state index contributed by atoms with van der Waals surface area (Å²) in [6, 6.07) is 13.2. The number of rotatable bonds is 4. The molecule has 0 unspecified atom stereocenters. The quantitative estimate of drug-likeness (QED) is 0.573. The Hall–Kier alpha value is -3.35. The van der Waals surface area contributed by atoms with E-state index in [2.05, 4.69) is 10.1 Å². The van der Waals surface area contributed by atoms with E-state index in [0.717, 1.165) is 16.7 Å². The summed E-state index contributed by atoms with van der Waals surface area (Å²) in [6.45, 7) is -0.0693. The number of fused-ring (bicyclic) bond motifs is 2. The van der Waals surface area contributed by atoms with Crippen LogP contribution in [-0.4, -0.2) is 46.1 Å². The predicted molar refractivity (Wildman–Crippen MR) is 92.4 cm³/mol. The molecule has 0 bridgehead atoms. The normalized spacial score (nSPS) is 11.1. The van der Waals surface area contributed by atoms with E-state index in [4.69, 9.17) is 9.15 Å². The molecular formula is C18H16N4O3. The van der Waals surface area contributed by atoms with Gasteiger partial charge in [0.1, 0.15) is 11.3 Å². The summed E-state index contributed by atoms with van der Waals surface area (Å²) in [6.07, 6.45) is 1.70. The first kappa shape index (κ1) is 15.2. The molecule has 1 aromatic carbocycles. The van der Waals surface area contributed by atoms with Gasteiger partial charge in [0.2, 0.25) is 5.88 Å². The molecule has 1 amide bonds. The van der Waals surface area contributed by atoms with E-state index >= 15 is 0 Å². The van der Waals surface area contributed by atoms with Crippen LogP contribution < -0.4 is 4.74 Å². The second kappa shape index (κ2) is 5.94. The highest BCUT2D eigenvalue weighted by molar-refractivity contribution is 5.82. The van der Waals surface area contributed by atoms with Crippen molar-refractivity contribution in [1.29, 1.82) is 0 Å². The maximum Gasteiger partial charge on any atom is 0.260 e. The van der Waals surface area contributed by atoms with Crippen LogP contribution in [0.4, 0.5) is 0 Å². The first-order valence-electron chi connectivity index (χ1n) is 7.78. The Morgan fingerprint density at radius 3 is 2.88 bits per heavy atom. The van der Waals surface area contributed by atoms with Crippen LogP contribution in [0.15, 0.2) is 53.1 Å². The Balaban J connectivity index is 1.70. The largest absolute Gasteiger partial charge is 0.467 e. The maximum atomic E-state index is 11.7. The van der Waals surface area contributed by atoms with Gasteiger partial charge >= 0.3 is 0 Å². The lowest BCUT2D eigenvalue weighted by atomic mass is 10.2. The number of ether oxygens (including phenoxy) is 1. The van der Waals surface area contributed by atoms with Crippen LogP contribution in [0.1, 0.15) is 0 Å². The molecule has 0 aliphatic rings. The third-order valence-electron chi connectivity index (χ3n) is 3.86. The zero-order chi connectivity index (χ0) is 17.4. The fourth-order valence-corrected chi connectivity index (χ4v) is 2.47. The maximum absolute atomic E-state index is 11.7. The Labute approximate surface area is 143 Å². The van der Waals surface area contributed by atoms with Crippen molar-refractivity contribution >= 4 is 22.5 Å². The summed E-state index contributed by atoms with van der Waals surface area (Å²) in [7, 11) is 3.36. The summed E-state index contributed by atoms with van der Waals surface area (Å²) in [5.41, 5.74) is 2.19. The van der Waals surface area contributed by atoms with Gasteiger partial charge < -0.3 is 14.1 Å². The van der Waals surface area contributed by atoms with Crippen molar-refractivity contribution < 1.29 is 13.9 Å². The van der Waals surface area contributed by atoms with Gasteiger partial charge in [-0.15, -0.1) is 5.10 Å². The van der Waals surface area contributed by atoms with E-state index in [1.54, 1.807) is 36.9 Å². The molecule has 7 heteroatoms. The van der Waals surface area contributed by atoms with E-state index in [-0.39, 0.29) is 12.5 Å². The van der Waals surface area contributed by atoms with Crippen LogP contribution in [0, 0.1) is 0 Å². The first-order chi connectivity index (χ1) is 12.1. The standard InChI is InChI=1S/C18H16N4O3/c1-21(2)18(23)11-24-17-8-7-16-19-10-13(22(16)20-17)15-9-12-5-3-4-6-14(12)25-15/h3-10H,11H2,1-2H3. The molecule has 3 aromatic heterocycles. The lowest BCUT2D eigenvalue weighted by Crippen LogP contribution is -2.27. The van der Waals surface area contributed by atoms with Gasteiger partial charge in [0, 0.05) is 25.5 Å². The fraction of sp³-hybridized carbons (Fsp3) is 0.167. The molecule has 0 atom stereocenters. The molecule has 0 spiro atoms. The van der Waals surface area contributed by atoms with Crippen LogP contribution >= 0.6 is 0 Å². The summed E-state index contributed by atoms with van der Waals surface area (Å²) in [5.74, 6) is 0.880. The van der Waals surface area contributed by atoms with Gasteiger partial charge in [0.05, 0.1) is 6.20 Å². The molecule has 0 saturated carbocycles. The second-order valence-electron chi connectivity index (χ2n) is 5.81. The van der Waals surface area contributed by atoms with Gasteiger partial charge in [0.15, 0.2) is 18.0 Å². The highest BCUT2D eigenvalue weighted by atomic mass is 16.5. The highest BCUT2D eigenvalue weighted by Gasteiger charge is 2.13. The summed E-state index contributed by atoms with van der Waals surface area (Å²) in [5, 5.41) is 5.42. The smallest absolute Gasteiger partial charge is 0.260 e. The van der Waals surface area contributed by atoms with Gasteiger partial charge in [0.25, 0.3) is 5.91 Å². The minimum atomic E-state index is -0.134. The molecule has 0 aliphatic carbocycles. The van der Waals surface area contributed by atoms with Crippen molar-refractivity contribution in [1.82, 2.24) is 19.5 Å². The number of aromatic nitrogens is 3. The number of nitrogens with zero attached hydrogens (tertiary/aromatic N) is 4. The van der Waals surface area contributed by atoms with E-state index in [1.807, 2.05) is 30.3 Å². The van der Waals surface area contributed by atoms with Crippen molar-refractivity contribution in [2.45, 2.75) is 0 Å². The number of furan rings is 1. The first-order valence-corrected chi connectivity index (χ1v) is 7.78. The number of likely N-dealkylation sites (N-methyl/N-ethyl adjacent to an activating group) is 1. The highest BCUT2D eigenvalue weighted by Crippen LogP contribution is 2.28. The van der Waals surface area contributed by atoms with Crippen LogP contribution in [0.25, 0.3) is 28.1 Å². The van der Waals surface area contributed by atoms with Crippen LogP contribution in [0.5, 0.6) is 5.88 Å². The Morgan fingerprint density at radius 1 is 1.24 bits per heavy atom. The van der Waals surface area contributed by atoms with Crippen LogP contribution in [0.3, 0.4) is 0 Å². The Bertz CT molecular complexity index is 1030. The van der Waals surface area contributed by atoms with Gasteiger partial charge in [-0.3, -0.25) is 4.79 Å². The second-order valence-corrected chi connectivity index (χ2v) is 5.81. The number of imidazole rings is 1. The number of para-hydroxylation sites is 1. The Kier molecular flexibility index (Phi) is 3.61. The van der Waals surface area contributed by atoms with Crippen molar-refractivity contribution in [3.63, 3.8) is 0 Å². The average molecular weight is 336 g/mol. The van der Waals surface area contributed by atoms with Gasteiger partial charge in [-0.1, -0.05) is 18.2 Å². The van der Waals surface area contributed by atoms with Crippen LogP contribution in [0.2, 0.25) is 0 Å². The van der Waals surface area contributed by atoms with Crippen molar-refractivity contribution in [3.8, 4) is 17.3 Å². The van der Waals surface area contributed by atoms with Crippen molar-refractivity contribution in [3.05, 3.63) is 48.7 Å². The molecule has 25 heavy (non-hydrogen) atoms. The van der Waals surface area contributed by atoms with Gasteiger partial charge in [-0.25, -0.2) is 9.50 Å². The molecule has 0 fully saturated rings. The van der Waals surface area contributed by atoms with Crippen LogP contribution in [-0.2, 0) is 4.79 Å². The van der Waals surface area contributed by atoms with Gasteiger partial charge in [-0.05, 0) is 18.2 Å². The molecule has 4 aromatic rings. The number of carbonyl (C=O) groups excluding carboxylic acids is 1. The summed E-state index contributed by atoms with van der Waals surface area (Å²) >= 11 is 0. The van der Waals surface area contributed by atoms with Gasteiger partial charge in [-0.2, -0.15) is 0 Å². The number of benzene rings is 1.